The fraction of sp³-hybridized carbons (Fsp3) is 0.438. The van der Waals surface area contributed by atoms with Crippen LogP contribution in [0.2, 0.25) is 0 Å². The van der Waals surface area contributed by atoms with Crippen LogP contribution in [0.3, 0.4) is 0 Å². The van der Waals surface area contributed by atoms with Crippen molar-refractivity contribution in [3.63, 3.8) is 0 Å². The molecule has 2 aromatic rings. The summed E-state index contributed by atoms with van der Waals surface area (Å²) < 4.78 is 12.2. The van der Waals surface area contributed by atoms with Crippen LogP contribution in [0.5, 0.6) is 5.75 Å². The van der Waals surface area contributed by atoms with Gasteiger partial charge in [-0.1, -0.05) is 12.1 Å². The lowest BCUT2D eigenvalue weighted by Gasteiger charge is -2.08. The Morgan fingerprint density at radius 3 is 2.61 bits per heavy atom. The lowest BCUT2D eigenvalue weighted by atomic mass is 10.2. The molecule has 7 nitrogen and oxygen atoms in total. The van der Waals surface area contributed by atoms with Gasteiger partial charge in [-0.3, -0.25) is 4.79 Å². The van der Waals surface area contributed by atoms with E-state index in [-0.39, 0.29) is 18.2 Å². The fourth-order valence-electron chi connectivity index (χ4n) is 2.12. The monoisotopic (exact) mass is 318 g/mol. The van der Waals surface area contributed by atoms with Crippen molar-refractivity contribution in [1.29, 1.82) is 0 Å². The summed E-state index contributed by atoms with van der Waals surface area (Å²) in [4.78, 5) is 12.2. The predicted octanol–water partition coefficient (Wildman–Crippen LogP) is 1.95. The first-order valence-corrected chi connectivity index (χ1v) is 7.66. The van der Waals surface area contributed by atoms with Gasteiger partial charge in [0.25, 0.3) is 5.91 Å². The van der Waals surface area contributed by atoms with E-state index in [1.54, 1.807) is 11.8 Å². The smallest absolute Gasteiger partial charge is 0.273 e. The van der Waals surface area contributed by atoms with E-state index < -0.39 is 0 Å². The molecule has 0 aliphatic heterocycles. The first-order chi connectivity index (χ1) is 11.2. The molecular weight excluding hydrogens is 296 g/mol. The number of nitrogens with one attached hydrogen (secondary N) is 1. The minimum Gasteiger partial charge on any atom is -0.494 e. The summed E-state index contributed by atoms with van der Waals surface area (Å²) in [6.45, 7) is 5.38. The topological polar surface area (TPSA) is 78.3 Å². The molecule has 0 spiro atoms. The number of amides is 1. The van der Waals surface area contributed by atoms with E-state index in [4.69, 9.17) is 9.47 Å². The highest BCUT2D eigenvalue weighted by atomic mass is 16.5. The Morgan fingerprint density at radius 2 is 2.00 bits per heavy atom. The van der Waals surface area contributed by atoms with E-state index in [2.05, 4.69) is 15.6 Å². The molecule has 7 heteroatoms. The van der Waals surface area contributed by atoms with Crippen LogP contribution in [-0.4, -0.2) is 41.2 Å². The van der Waals surface area contributed by atoms with Crippen LogP contribution in [0.15, 0.2) is 24.3 Å². The summed E-state index contributed by atoms with van der Waals surface area (Å²) in [6.07, 6.45) is 0.860. The highest BCUT2D eigenvalue weighted by molar-refractivity contribution is 5.93. The van der Waals surface area contributed by atoms with Gasteiger partial charge in [-0.05, 0) is 37.6 Å². The first-order valence-electron chi connectivity index (χ1n) is 7.66. The van der Waals surface area contributed by atoms with Crippen LogP contribution in [0, 0.1) is 0 Å². The number of methoxy groups -OCH3 is 1. The molecule has 1 amide bonds. The van der Waals surface area contributed by atoms with E-state index in [0.717, 1.165) is 17.9 Å². The summed E-state index contributed by atoms with van der Waals surface area (Å²) >= 11 is 0. The SMILES string of the molecule is CCCNC(=O)c1nnn(-c2ccc(OCC)cc2)c1COC. The molecule has 0 radical (unpaired) electrons. The maximum Gasteiger partial charge on any atom is 0.273 e. The molecule has 2 rings (SSSR count). The number of carbonyl (C=O) groups is 1. The van der Waals surface area contributed by atoms with Crippen molar-refractivity contribution in [2.24, 2.45) is 0 Å². The Labute approximate surface area is 135 Å². The van der Waals surface area contributed by atoms with Gasteiger partial charge in [-0.2, -0.15) is 0 Å². The molecule has 0 unspecified atom stereocenters. The van der Waals surface area contributed by atoms with Crippen molar-refractivity contribution >= 4 is 5.91 Å². The molecular formula is C16H22N4O3. The van der Waals surface area contributed by atoms with Crippen molar-refractivity contribution in [2.45, 2.75) is 26.9 Å². The van der Waals surface area contributed by atoms with Crippen molar-refractivity contribution in [3.8, 4) is 11.4 Å². The molecule has 23 heavy (non-hydrogen) atoms. The van der Waals surface area contributed by atoms with E-state index in [9.17, 15) is 4.79 Å². The van der Waals surface area contributed by atoms with Crippen molar-refractivity contribution in [3.05, 3.63) is 35.7 Å². The molecule has 0 saturated carbocycles. The first kappa shape index (κ1) is 17.0. The van der Waals surface area contributed by atoms with Gasteiger partial charge in [0.2, 0.25) is 0 Å². The Bertz CT molecular complexity index is 637. The standard InChI is InChI=1S/C16H22N4O3/c1-4-10-17-16(21)15-14(11-22-3)20(19-18-15)12-6-8-13(9-7-12)23-5-2/h6-9H,4-5,10-11H2,1-3H3,(H,17,21). The quantitative estimate of drug-likeness (QED) is 0.805. The third-order valence-electron chi connectivity index (χ3n) is 3.19. The van der Waals surface area contributed by atoms with Crippen LogP contribution in [-0.2, 0) is 11.3 Å². The molecule has 0 atom stereocenters. The zero-order valence-corrected chi connectivity index (χ0v) is 13.7. The zero-order valence-electron chi connectivity index (χ0n) is 13.7. The maximum absolute atomic E-state index is 12.2. The number of carbonyl (C=O) groups excluding carboxylic acids is 1. The Balaban J connectivity index is 2.30. The Hall–Kier alpha value is -2.41. The van der Waals surface area contributed by atoms with Crippen LogP contribution < -0.4 is 10.1 Å². The summed E-state index contributed by atoms with van der Waals surface area (Å²) in [7, 11) is 1.57. The average molecular weight is 318 g/mol. The number of ether oxygens (including phenoxy) is 2. The van der Waals surface area contributed by atoms with E-state index in [1.807, 2.05) is 38.1 Å². The third-order valence-corrected chi connectivity index (χ3v) is 3.19. The number of hydrogen-bond acceptors (Lipinski definition) is 5. The summed E-state index contributed by atoms with van der Waals surface area (Å²) in [5.41, 5.74) is 1.70. The second-order valence-electron chi connectivity index (χ2n) is 4.91. The number of aromatic nitrogens is 3. The summed E-state index contributed by atoms with van der Waals surface area (Å²) in [5.74, 6) is 0.543. The Morgan fingerprint density at radius 1 is 1.26 bits per heavy atom. The third kappa shape index (κ3) is 4.07. The van der Waals surface area contributed by atoms with Gasteiger partial charge in [-0.25, -0.2) is 4.68 Å². The molecule has 1 N–H and O–H groups in total. The van der Waals surface area contributed by atoms with Crippen molar-refractivity contribution < 1.29 is 14.3 Å². The van der Waals surface area contributed by atoms with Crippen molar-refractivity contribution in [2.75, 3.05) is 20.3 Å². The average Bonchev–Trinajstić information content (AvgIpc) is 2.98. The van der Waals surface area contributed by atoms with Crippen LogP contribution in [0.4, 0.5) is 0 Å². The summed E-state index contributed by atoms with van der Waals surface area (Å²) in [6, 6.07) is 7.45. The highest BCUT2D eigenvalue weighted by Gasteiger charge is 2.20. The predicted molar refractivity (Wildman–Crippen MR) is 85.9 cm³/mol. The van der Waals surface area contributed by atoms with E-state index in [0.29, 0.717) is 18.8 Å². The number of rotatable bonds is 8. The number of hydrogen-bond donors (Lipinski definition) is 1. The number of benzene rings is 1. The molecule has 0 fully saturated rings. The van der Waals surface area contributed by atoms with Crippen LogP contribution in [0.1, 0.15) is 36.5 Å². The van der Waals surface area contributed by atoms with E-state index >= 15 is 0 Å². The maximum atomic E-state index is 12.2. The van der Waals surface area contributed by atoms with E-state index in [1.165, 1.54) is 0 Å². The summed E-state index contributed by atoms with van der Waals surface area (Å²) in [5, 5.41) is 10.9. The van der Waals surface area contributed by atoms with Gasteiger partial charge in [0.1, 0.15) is 11.4 Å². The Kier molecular flexibility index (Phi) is 6.10. The normalized spacial score (nSPS) is 10.6. The molecule has 0 aliphatic rings. The van der Waals surface area contributed by atoms with Gasteiger partial charge in [-0.15, -0.1) is 5.10 Å². The van der Waals surface area contributed by atoms with Gasteiger partial charge >= 0.3 is 0 Å². The van der Waals surface area contributed by atoms with Gasteiger partial charge < -0.3 is 14.8 Å². The fourth-order valence-corrected chi connectivity index (χ4v) is 2.12. The second kappa shape index (κ2) is 8.28. The molecule has 124 valence electrons. The zero-order chi connectivity index (χ0) is 16.7. The molecule has 0 bridgehead atoms. The van der Waals surface area contributed by atoms with Crippen LogP contribution in [0.25, 0.3) is 5.69 Å². The van der Waals surface area contributed by atoms with Gasteiger partial charge in [0, 0.05) is 13.7 Å². The van der Waals surface area contributed by atoms with Gasteiger partial charge in [0.05, 0.1) is 18.9 Å². The molecule has 1 aromatic heterocycles. The highest BCUT2D eigenvalue weighted by Crippen LogP contribution is 2.18. The molecule has 1 aromatic carbocycles. The molecule has 1 heterocycles. The van der Waals surface area contributed by atoms with Gasteiger partial charge in [0.15, 0.2) is 5.69 Å². The minimum atomic E-state index is -0.240. The lowest BCUT2D eigenvalue weighted by Crippen LogP contribution is -2.25. The van der Waals surface area contributed by atoms with Crippen LogP contribution >= 0.6 is 0 Å². The second-order valence-corrected chi connectivity index (χ2v) is 4.91. The number of nitrogens with zero attached hydrogens (tertiary/aromatic N) is 3. The molecule has 0 saturated heterocycles. The minimum absolute atomic E-state index is 0.240. The molecule has 0 aliphatic carbocycles. The lowest BCUT2D eigenvalue weighted by molar-refractivity contribution is 0.0943. The largest absolute Gasteiger partial charge is 0.494 e. The van der Waals surface area contributed by atoms with Crippen molar-refractivity contribution in [1.82, 2.24) is 20.3 Å².